The van der Waals surface area contributed by atoms with Gasteiger partial charge in [-0.2, -0.15) is 13.2 Å². The molecule has 2 heterocycles. The normalized spacial score (nSPS) is 12.5. The molecule has 2 amide bonds. The van der Waals surface area contributed by atoms with Gasteiger partial charge in [0.05, 0.1) is 35.3 Å². The molecule has 7 nitrogen and oxygen atoms in total. The minimum absolute atomic E-state index is 0.0315. The summed E-state index contributed by atoms with van der Waals surface area (Å²) in [6.07, 6.45) is -3.13. The van der Waals surface area contributed by atoms with E-state index in [0.717, 1.165) is 12.1 Å². The molecule has 11 heteroatoms. The van der Waals surface area contributed by atoms with Crippen LogP contribution in [0.2, 0.25) is 5.02 Å². The number of nitrogens with zero attached hydrogens (tertiary/aromatic N) is 2. The molecule has 0 saturated heterocycles. The molecule has 2 aromatic heterocycles. The molecule has 0 aliphatic rings. The summed E-state index contributed by atoms with van der Waals surface area (Å²) in [5.74, 6) is 0.600. The Hall–Kier alpha value is -3.79. The van der Waals surface area contributed by atoms with Crippen LogP contribution in [0.5, 0.6) is 0 Å². The van der Waals surface area contributed by atoms with Crippen LogP contribution in [0.3, 0.4) is 0 Å². The molecule has 2 N–H and O–H groups in total. The zero-order valence-electron chi connectivity index (χ0n) is 17.7. The van der Waals surface area contributed by atoms with Crippen LogP contribution in [0.4, 0.5) is 23.7 Å². The molecular weight excluding hydrogens is 473 g/mol. The van der Waals surface area contributed by atoms with Crippen LogP contribution in [0.1, 0.15) is 30.1 Å². The molecule has 1 atom stereocenters. The van der Waals surface area contributed by atoms with Gasteiger partial charge in [-0.3, -0.25) is 4.79 Å². The number of furan rings is 1. The molecule has 4 rings (SSSR count). The van der Waals surface area contributed by atoms with Crippen molar-refractivity contribution in [2.75, 3.05) is 5.32 Å². The summed E-state index contributed by atoms with van der Waals surface area (Å²) in [6.45, 7) is 1.60. The van der Waals surface area contributed by atoms with Gasteiger partial charge in [-0.05, 0) is 55.5 Å². The first-order chi connectivity index (χ1) is 16.1. The van der Waals surface area contributed by atoms with E-state index in [1.165, 1.54) is 29.4 Å². The lowest BCUT2D eigenvalue weighted by Gasteiger charge is -2.28. The highest BCUT2D eigenvalue weighted by Gasteiger charge is 2.31. The quantitative estimate of drug-likeness (QED) is 0.360. The predicted molar refractivity (Wildman–Crippen MR) is 121 cm³/mol. The van der Waals surface area contributed by atoms with E-state index in [9.17, 15) is 22.8 Å². The van der Waals surface area contributed by atoms with Gasteiger partial charge in [0.2, 0.25) is 0 Å². The number of rotatable bonds is 5. The fourth-order valence-electron chi connectivity index (χ4n) is 3.40. The lowest BCUT2D eigenvalue weighted by molar-refractivity contribution is -0.137. The van der Waals surface area contributed by atoms with Crippen LogP contribution in [-0.4, -0.2) is 20.9 Å². The van der Waals surface area contributed by atoms with E-state index >= 15 is 0 Å². The minimum Gasteiger partial charge on any atom is -0.467 e. The van der Waals surface area contributed by atoms with Gasteiger partial charge in [-0.1, -0.05) is 17.7 Å². The summed E-state index contributed by atoms with van der Waals surface area (Å²) in [5.41, 5.74) is -1.01. The van der Waals surface area contributed by atoms with Gasteiger partial charge < -0.3 is 19.6 Å². The van der Waals surface area contributed by atoms with Crippen molar-refractivity contribution in [1.29, 1.82) is 0 Å². The lowest BCUT2D eigenvalue weighted by Crippen LogP contribution is -2.37. The molecule has 0 spiro atoms. The third kappa shape index (κ3) is 5.07. The van der Waals surface area contributed by atoms with Gasteiger partial charge in [0.25, 0.3) is 5.56 Å². The van der Waals surface area contributed by atoms with Crippen LogP contribution in [0.25, 0.3) is 10.9 Å². The highest BCUT2D eigenvalue weighted by atomic mass is 35.5. The zero-order chi connectivity index (χ0) is 24.5. The maximum absolute atomic E-state index is 13.2. The molecule has 0 radical (unpaired) electrons. The van der Waals surface area contributed by atoms with Crippen LogP contribution in [0, 0.1) is 0 Å². The second-order valence-corrected chi connectivity index (χ2v) is 7.94. The van der Waals surface area contributed by atoms with Gasteiger partial charge in [0, 0.05) is 10.7 Å². The maximum atomic E-state index is 13.2. The first kappa shape index (κ1) is 23.4. The first-order valence-corrected chi connectivity index (χ1v) is 10.5. The molecular formula is C23H18ClF3N4O3. The maximum Gasteiger partial charge on any atom is 0.416 e. The SMILES string of the molecule is CC(c1nc2cc(Cl)ccc2c(=O)[nH]1)N(Cc1ccco1)C(=O)Nc1cccc(C(F)(F)F)c1. The Morgan fingerprint density at radius 1 is 1.21 bits per heavy atom. The average Bonchev–Trinajstić information content (AvgIpc) is 3.29. The van der Waals surface area contributed by atoms with Crippen molar-refractivity contribution >= 4 is 34.2 Å². The molecule has 1 unspecified atom stereocenters. The van der Waals surface area contributed by atoms with Gasteiger partial charge in [0.1, 0.15) is 11.6 Å². The van der Waals surface area contributed by atoms with Crippen molar-refractivity contribution in [2.24, 2.45) is 0 Å². The summed E-state index contributed by atoms with van der Waals surface area (Å²) in [5, 5.41) is 3.20. The number of H-pyrrole nitrogens is 1. The van der Waals surface area contributed by atoms with Crippen molar-refractivity contribution in [3.05, 3.63) is 93.4 Å². The number of anilines is 1. The Labute approximate surface area is 196 Å². The number of alkyl halides is 3. The zero-order valence-corrected chi connectivity index (χ0v) is 18.4. The highest BCUT2D eigenvalue weighted by molar-refractivity contribution is 6.31. The molecule has 34 heavy (non-hydrogen) atoms. The van der Waals surface area contributed by atoms with Crippen molar-refractivity contribution < 1.29 is 22.4 Å². The summed E-state index contributed by atoms with van der Waals surface area (Å²) in [7, 11) is 0. The Balaban J connectivity index is 1.68. The number of carbonyl (C=O) groups is 1. The minimum atomic E-state index is -4.56. The predicted octanol–water partition coefficient (Wildman–Crippen LogP) is 5.98. The van der Waals surface area contributed by atoms with E-state index < -0.39 is 29.4 Å². The smallest absolute Gasteiger partial charge is 0.416 e. The number of hydrogen-bond donors (Lipinski definition) is 2. The number of hydrogen-bond acceptors (Lipinski definition) is 4. The Kier molecular flexibility index (Phi) is 6.34. The van der Waals surface area contributed by atoms with Crippen molar-refractivity contribution in [3.63, 3.8) is 0 Å². The highest BCUT2D eigenvalue weighted by Crippen LogP contribution is 2.31. The van der Waals surface area contributed by atoms with E-state index in [2.05, 4.69) is 15.3 Å². The van der Waals surface area contributed by atoms with Crippen molar-refractivity contribution in [3.8, 4) is 0 Å². The van der Waals surface area contributed by atoms with Gasteiger partial charge in [-0.25, -0.2) is 9.78 Å². The summed E-state index contributed by atoms with van der Waals surface area (Å²) in [4.78, 5) is 34.1. The number of urea groups is 1. The number of halogens is 4. The van der Waals surface area contributed by atoms with E-state index in [1.54, 1.807) is 31.2 Å². The van der Waals surface area contributed by atoms with Crippen LogP contribution < -0.4 is 10.9 Å². The summed E-state index contributed by atoms with van der Waals surface area (Å²) in [6, 6.07) is 10.7. The Bertz CT molecular complexity index is 1390. The van der Waals surface area contributed by atoms with Crippen LogP contribution >= 0.6 is 11.6 Å². The molecule has 176 valence electrons. The molecule has 4 aromatic rings. The monoisotopic (exact) mass is 490 g/mol. The van der Waals surface area contributed by atoms with Crippen molar-refractivity contribution in [1.82, 2.24) is 14.9 Å². The number of carbonyl (C=O) groups excluding carboxylic acids is 1. The summed E-state index contributed by atoms with van der Waals surface area (Å²) < 4.78 is 44.6. The topological polar surface area (TPSA) is 91.2 Å². The van der Waals surface area contributed by atoms with E-state index in [0.29, 0.717) is 21.7 Å². The van der Waals surface area contributed by atoms with Gasteiger partial charge >= 0.3 is 12.2 Å². The Morgan fingerprint density at radius 3 is 2.71 bits per heavy atom. The van der Waals surface area contributed by atoms with E-state index in [4.69, 9.17) is 16.0 Å². The van der Waals surface area contributed by atoms with E-state index in [1.807, 2.05) is 0 Å². The first-order valence-electron chi connectivity index (χ1n) is 10.1. The lowest BCUT2D eigenvalue weighted by atomic mass is 10.2. The third-order valence-corrected chi connectivity index (χ3v) is 5.39. The number of benzene rings is 2. The van der Waals surface area contributed by atoms with Crippen LogP contribution in [-0.2, 0) is 12.7 Å². The fraction of sp³-hybridized carbons (Fsp3) is 0.174. The number of aromatic amines is 1. The molecule has 0 bridgehead atoms. The van der Waals surface area contributed by atoms with Crippen molar-refractivity contribution in [2.45, 2.75) is 25.7 Å². The van der Waals surface area contributed by atoms with Gasteiger partial charge in [0.15, 0.2) is 0 Å². The second kappa shape index (κ2) is 9.22. The van der Waals surface area contributed by atoms with E-state index in [-0.39, 0.29) is 18.1 Å². The second-order valence-electron chi connectivity index (χ2n) is 7.50. The molecule has 0 saturated carbocycles. The Morgan fingerprint density at radius 2 is 2.00 bits per heavy atom. The molecule has 0 fully saturated rings. The molecule has 2 aromatic carbocycles. The largest absolute Gasteiger partial charge is 0.467 e. The van der Waals surface area contributed by atoms with Gasteiger partial charge in [-0.15, -0.1) is 0 Å². The number of amides is 2. The number of nitrogens with one attached hydrogen (secondary N) is 2. The summed E-state index contributed by atoms with van der Waals surface area (Å²) >= 11 is 6.03. The third-order valence-electron chi connectivity index (χ3n) is 5.16. The fourth-order valence-corrected chi connectivity index (χ4v) is 3.57. The standard InChI is InChI=1S/C23H18ClF3N4O3/c1-13(20-29-19-11-15(24)7-8-18(19)21(32)30-20)31(12-17-6-3-9-34-17)22(33)28-16-5-2-4-14(10-16)23(25,26)27/h2-11,13H,12H2,1H3,(H,28,33)(H,29,30,32). The number of fused-ring (bicyclic) bond motifs is 1. The number of aromatic nitrogens is 2. The molecule has 0 aliphatic carbocycles. The molecule has 0 aliphatic heterocycles. The van der Waals surface area contributed by atoms with Crippen LogP contribution in [0.15, 0.2) is 70.1 Å². The average molecular weight is 491 g/mol.